The molecule has 4 aromatic carbocycles. The first-order chi connectivity index (χ1) is 17.3. The number of benzene rings is 4. The van der Waals surface area contributed by atoms with Gasteiger partial charge < -0.3 is 0 Å². The quantitative estimate of drug-likeness (QED) is 0.240. The van der Waals surface area contributed by atoms with Crippen LogP contribution in [0.15, 0.2) is 85.1 Å². The molecule has 2 nitrogen and oxygen atoms in total. The Hall–Kier alpha value is -4.17. The molecule has 0 saturated carbocycles. The van der Waals surface area contributed by atoms with E-state index in [4.69, 9.17) is 4.98 Å². The van der Waals surface area contributed by atoms with Crippen LogP contribution < -0.4 is 4.90 Å². The van der Waals surface area contributed by atoms with E-state index in [9.17, 15) is 0 Å². The van der Waals surface area contributed by atoms with Gasteiger partial charge in [0.25, 0.3) is 0 Å². The van der Waals surface area contributed by atoms with Crippen LogP contribution in [-0.4, -0.2) is 4.98 Å². The second-order valence-corrected chi connectivity index (χ2v) is 10.4. The van der Waals surface area contributed by atoms with E-state index in [-0.39, 0.29) is 0 Å². The van der Waals surface area contributed by atoms with Gasteiger partial charge in [-0.3, -0.25) is 4.90 Å². The van der Waals surface area contributed by atoms with Gasteiger partial charge in [0.15, 0.2) is 0 Å². The standard InChI is InChI=1S/C33H22N2/c1-2-9-25-19(5-1)13-23-15-24-17-29-26(28(24)18-27(23)25)10-11-31-30(29)16-21-7-3-6-20-14-22-8-4-12-34-33(22)35(31)32(20)21/h1-12,15,18H,13-14,16-17H2. The first-order valence-electron chi connectivity index (χ1n) is 12.6. The van der Waals surface area contributed by atoms with Crippen LogP contribution in [0.25, 0.3) is 22.3 Å². The summed E-state index contributed by atoms with van der Waals surface area (Å²) in [5.41, 5.74) is 19.9. The molecule has 0 radical (unpaired) electrons. The molecule has 0 atom stereocenters. The fraction of sp³-hybridized carbons (Fsp3) is 0.121. The molecule has 2 heteroatoms. The highest BCUT2D eigenvalue weighted by Gasteiger charge is 2.35. The Labute approximate surface area is 204 Å². The molecule has 3 heterocycles. The number of para-hydroxylation sites is 1. The fourth-order valence-corrected chi connectivity index (χ4v) is 7.09. The third kappa shape index (κ3) is 2.27. The molecule has 2 aliphatic carbocycles. The van der Waals surface area contributed by atoms with Crippen LogP contribution in [0.3, 0.4) is 0 Å². The van der Waals surface area contributed by atoms with Gasteiger partial charge in [0.05, 0.1) is 11.4 Å². The topological polar surface area (TPSA) is 16.1 Å². The van der Waals surface area contributed by atoms with Crippen LogP contribution >= 0.6 is 0 Å². The molecular weight excluding hydrogens is 424 g/mol. The molecule has 0 bridgehead atoms. The maximum absolute atomic E-state index is 4.87. The molecular formula is C33H22N2. The summed E-state index contributed by atoms with van der Waals surface area (Å²) in [4.78, 5) is 7.31. The summed E-state index contributed by atoms with van der Waals surface area (Å²) < 4.78 is 0. The lowest BCUT2D eigenvalue weighted by atomic mass is 9.85. The lowest BCUT2D eigenvalue weighted by Crippen LogP contribution is -2.26. The zero-order valence-electron chi connectivity index (χ0n) is 19.3. The smallest absolute Gasteiger partial charge is 0.141 e. The van der Waals surface area contributed by atoms with Gasteiger partial charge in [0, 0.05) is 19.0 Å². The maximum atomic E-state index is 4.87. The van der Waals surface area contributed by atoms with E-state index >= 15 is 0 Å². The average Bonchev–Trinajstić information content (AvgIpc) is 3.44. The Kier molecular flexibility index (Phi) is 3.27. The van der Waals surface area contributed by atoms with Gasteiger partial charge in [-0.05, 0) is 97.8 Å². The summed E-state index contributed by atoms with van der Waals surface area (Å²) in [5.74, 6) is 1.10. The van der Waals surface area contributed by atoms with Crippen LogP contribution in [-0.2, 0) is 25.7 Å². The fourth-order valence-electron chi connectivity index (χ4n) is 7.09. The number of hydrogen-bond donors (Lipinski definition) is 0. The van der Waals surface area contributed by atoms with Crippen molar-refractivity contribution < 1.29 is 0 Å². The number of pyridine rings is 1. The molecule has 4 aliphatic rings. The van der Waals surface area contributed by atoms with Crippen molar-refractivity contribution in [2.75, 3.05) is 4.90 Å². The highest BCUT2D eigenvalue weighted by Crippen LogP contribution is 2.53. The monoisotopic (exact) mass is 446 g/mol. The number of hydrogen-bond acceptors (Lipinski definition) is 2. The van der Waals surface area contributed by atoms with Crippen molar-refractivity contribution in [3.63, 3.8) is 0 Å². The van der Waals surface area contributed by atoms with Crippen LogP contribution in [0.4, 0.5) is 17.2 Å². The predicted octanol–water partition coefficient (Wildman–Crippen LogP) is 7.50. The maximum Gasteiger partial charge on any atom is 0.141 e. The van der Waals surface area contributed by atoms with Crippen molar-refractivity contribution in [1.82, 2.24) is 4.98 Å². The molecule has 5 aromatic rings. The first kappa shape index (κ1) is 18.2. The van der Waals surface area contributed by atoms with Crippen molar-refractivity contribution >= 4 is 17.2 Å². The van der Waals surface area contributed by atoms with E-state index in [1.54, 1.807) is 0 Å². The lowest BCUT2D eigenvalue weighted by Gasteiger charge is -2.39. The van der Waals surface area contributed by atoms with Crippen LogP contribution in [0.2, 0.25) is 0 Å². The first-order valence-corrected chi connectivity index (χ1v) is 12.6. The Balaban J connectivity index is 1.26. The SMILES string of the molecule is c1ccc2c(c1)Cc1cc3c(cc1-2)-c1ccc2c(c1C3)Cc1cccc3c1N2c1ncccc1C3. The van der Waals surface area contributed by atoms with Gasteiger partial charge in [0.2, 0.25) is 0 Å². The van der Waals surface area contributed by atoms with E-state index < -0.39 is 0 Å². The second kappa shape index (κ2) is 6.28. The summed E-state index contributed by atoms with van der Waals surface area (Å²) in [6, 6.07) is 29.7. The van der Waals surface area contributed by atoms with E-state index in [0.29, 0.717) is 0 Å². The third-order valence-electron chi connectivity index (χ3n) is 8.58. The molecule has 0 spiro atoms. The molecule has 0 N–H and O–H groups in total. The molecule has 1 aromatic heterocycles. The van der Waals surface area contributed by atoms with Gasteiger partial charge in [-0.2, -0.15) is 0 Å². The minimum atomic E-state index is 0.960. The molecule has 0 fully saturated rings. The van der Waals surface area contributed by atoms with E-state index in [0.717, 1.165) is 31.5 Å². The Bertz CT molecular complexity index is 1760. The van der Waals surface area contributed by atoms with Crippen LogP contribution in [0, 0.1) is 0 Å². The molecule has 0 unspecified atom stereocenters. The lowest BCUT2D eigenvalue weighted by molar-refractivity contribution is 0.971. The van der Waals surface area contributed by atoms with Crippen molar-refractivity contribution in [3.8, 4) is 22.3 Å². The zero-order chi connectivity index (χ0) is 22.7. The van der Waals surface area contributed by atoms with Gasteiger partial charge in [-0.25, -0.2) is 4.98 Å². The zero-order valence-corrected chi connectivity index (χ0v) is 19.3. The van der Waals surface area contributed by atoms with Crippen molar-refractivity contribution in [2.24, 2.45) is 0 Å². The minimum absolute atomic E-state index is 0.960. The van der Waals surface area contributed by atoms with Crippen molar-refractivity contribution in [1.29, 1.82) is 0 Å². The molecule has 9 rings (SSSR count). The summed E-state index contributed by atoms with van der Waals surface area (Å²) in [7, 11) is 0. The van der Waals surface area contributed by atoms with Crippen molar-refractivity contribution in [3.05, 3.63) is 130 Å². The summed E-state index contributed by atoms with van der Waals surface area (Å²) in [5, 5.41) is 0. The summed E-state index contributed by atoms with van der Waals surface area (Å²) >= 11 is 0. The molecule has 0 amide bonds. The molecule has 2 aliphatic heterocycles. The number of rotatable bonds is 0. The highest BCUT2D eigenvalue weighted by atomic mass is 15.2. The number of nitrogens with zero attached hydrogens (tertiary/aromatic N) is 2. The van der Waals surface area contributed by atoms with E-state index in [1.807, 2.05) is 6.20 Å². The largest absolute Gasteiger partial charge is 0.294 e. The van der Waals surface area contributed by atoms with E-state index in [2.05, 4.69) is 83.8 Å². The summed E-state index contributed by atoms with van der Waals surface area (Å²) in [6.07, 6.45) is 5.97. The molecule has 164 valence electrons. The van der Waals surface area contributed by atoms with Gasteiger partial charge in [0.1, 0.15) is 5.82 Å². The Morgan fingerprint density at radius 2 is 1.26 bits per heavy atom. The number of aromatic nitrogens is 1. The van der Waals surface area contributed by atoms with Gasteiger partial charge in [-0.1, -0.05) is 60.7 Å². The predicted molar refractivity (Wildman–Crippen MR) is 141 cm³/mol. The Morgan fingerprint density at radius 1 is 0.514 bits per heavy atom. The summed E-state index contributed by atoms with van der Waals surface area (Å²) in [6.45, 7) is 0. The number of anilines is 3. The third-order valence-corrected chi connectivity index (χ3v) is 8.58. The number of fused-ring (bicyclic) bond motifs is 11. The minimum Gasteiger partial charge on any atom is -0.294 e. The van der Waals surface area contributed by atoms with Crippen LogP contribution in [0.5, 0.6) is 0 Å². The Morgan fingerprint density at radius 3 is 2.23 bits per heavy atom. The highest BCUT2D eigenvalue weighted by molar-refractivity contribution is 5.93. The normalized spacial score (nSPS) is 14.9. The molecule has 35 heavy (non-hydrogen) atoms. The van der Waals surface area contributed by atoms with Gasteiger partial charge >= 0.3 is 0 Å². The average molecular weight is 447 g/mol. The molecule has 0 saturated heterocycles. The van der Waals surface area contributed by atoms with E-state index in [1.165, 1.54) is 78.1 Å². The van der Waals surface area contributed by atoms with Crippen LogP contribution in [0.1, 0.15) is 44.5 Å². The van der Waals surface area contributed by atoms with Gasteiger partial charge in [-0.15, -0.1) is 0 Å². The van der Waals surface area contributed by atoms with Crippen molar-refractivity contribution in [2.45, 2.75) is 25.7 Å². The second-order valence-electron chi connectivity index (χ2n) is 10.4.